The predicted octanol–water partition coefficient (Wildman–Crippen LogP) is 3.32. The molecule has 0 atom stereocenters. The first-order valence-electron chi connectivity index (χ1n) is 5.42. The van der Waals surface area contributed by atoms with E-state index in [-0.39, 0.29) is 0 Å². The second kappa shape index (κ2) is 3.93. The molecule has 0 aromatic heterocycles. The summed E-state index contributed by atoms with van der Waals surface area (Å²) < 4.78 is 0. The predicted molar refractivity (Wildman–Crippen MR) is 65.4 cm³/mol. The highest BCUT2D eigenvalue weighted by Gasteiger charge is 2.09. The summed E-state index contributed by atoms with van der Waals surface area (Å²) in [5.41, 5.74) is 12.0. The molecule has 1 aromatic carbocycles. The monoisotopic (exact) mass is 199 g/mol. The molecule has 15 heavy (non-hydrogen) atoms. The van der Waals surface area contributed by atoms with Crippen molar-refractivity contribution in [3.8, 4) is 0 Å². The number of rotatable bonds is 1. The first-order valence-corrected chi connectivity index (χ1v) is 5.42. The maximum absolute atomic E-state index is 6.01. The van der Waals surface area contributed by atoms with E-state index in [1.807, 2.05) is 0 Å². The molecule has 0 saturated heterocycles. The average Bonchev–Trinajstić information content (AvgIpc) is 2.20. The molecule has 0 radical (unpaired) electrons. The van der Waals surface area contributed by atoms with Crippen LogP contribution in [-0.2, 0) is 0 Å². The first-order chi connectivity index (χ1) is 7.18. The summed E-state index contributed by atoms with van der Waals surface area (Å²) in [4.78, 5) is 0. The van der Waals surface area contributed by atoms with Crippen LogP contribution in [0, 0.1) is 13.8 Å². The highest BCUT2D eigenvalue weighted by atomic mass is 14.6. The fourth-order valence-electron chi connectivity index (χ4n) is 2.08. The Morgan fingerprint density at radius 1 is 1.07 bits per heavy atom. The normalized spacial score (nSPS) is 15.9. The minimum absolute atomic E-state index is 0.924. The van der Waals surface area contributed by atoms with Gasteiger partial charge in [0.25, 0.3) is 0 Å². The highest BCUT2D eigenvalue weighted by molar-refractivity contribution is 5.80. The van der Waals surface area contributed by atoms with E-state index in [0.29, 0.717) is 0 Å². The van der Waals surface area contributed by atoms with Crippen molar-refractivity contribution in [3.05, 3.63) is 52.7 Å². The van der Waals surface area contributed by atoms with Crippen LogP contribution in [0.25, 0.3) is 5.57 Å². The maximum atomic E-state index is 6.01. The molecule has 1 heteroatoms. The summed E-state index contributed by atoms with van der Waals surface area (Å²) >= 11 is 0. The molecule has 0 amide bonds. The van der Waals surface area contributed by atoms with E-state index in [4.69, 9.17) is 5.73 Å². The Bertz CT molecular complexity index is 439. The third-order valence-electron chi connectivity index (χ3n) is 2.86. The second-order valence-electron chi connectivity index (χ2n) is 4.17. The van der Waals surface area contributed by atoms with E-state index in [1.54, 1.807) is 0 Å². The molecule has 0 aliphatic heterocycles. The summed E-state index contributed by atoms with van der Waals surface area (Å²) in [6.45, 7) is 4.26. The summed E-state index contributed by atoms with van der Waals surface area (Å²) in [7, 11) is 0. The van der Waals surface area contributed by atoms with E-state index in [1.165, 1.54) is 22.3 Å². The molecule has 2 N–H and O–H groups in total. The van der Waals surface area contributed by atoms with Crippen molar-refractivity contribution in [2.45, 2.75) is 26.7 Å². The number of benzene rings is 1. The van der Waals surface area contributed by atoms with E-state index in [0.717, 1.165) is 18.5 Å². The van der Waals surface area contributed by atoms with Crippen molar-refractivity contribution in [3.63, 3.8) is 0 Å². The number of aryl methyl sites for hydroxylation is 2. The zero-order valence-corrected chi connectivity index (χ0v) is 9.38. The lowest BCUT2D eigenvalue weighted by molar-refractivity contribution is 1.02. The summed E-state index contributed by atoms with van der Waals surface area (Å²) in [6, 6.07) is 6.52. The van der Waals surface area contributed by atoms with Gasteiger partial charge in [0, 0.05) is 11.3 Å². The van der Waals surface area contributed by atoms with E-state index in [9.17, 15) is 0 Å². The third-order valence-corrected chi connectivity index (χ3v) is 2.86. The van der Waals surface area contributed by atoms with Gasteiger partial charge in [-0.2, -0.15) is 0 Å². The van der Waals surface area contributed by atoms with Gasteiger partial charge in [0.1, 0.15) is 0 Å². The van der Waals surface area contributed by atoms with Crippen molar-refractivity contribution in [1.29, 1.82) is 0 Å². The number of hydrogen-bond acceptors (Lipinski definition) is 1. The summed E-state index contributed by atoms with van der Waals surface area (Å²) in [5.74, 6) is 0. The number of nitrogens with two attached hydrogens (primary N) is 1. The van der Waals surface area contributed by atoms with Gasteiger partial charge in [-0.05, 0) is 37.8 Å². The minimum Gasteiger partial charge on any atom is -0.398 e. The van der Waals surface area contributed by atoms with Crippen molar-refractivity contribution in [2.75, 3.05) is 0 Å². The lowest BCUT2D eigenvalue weighted by Gasteiger charge is -2.15. The molecule has 0 fully saturated rings. The molecule has 2 rings (SSSR count). The van der Waals surface area contributed by atoms with Crippen molar-refractivity contribution in [1.82, 2.24) is 0 Å². The van der Waals surface area contributed by atoms with Gasteiger partial charge in [0.05, 0.1) is 0 Å². The van der Waals surface area contributed by atoms with Gasteiger partial charge in [-0.25, -0.2) is 0 Å². The van der Waals surface area contributed by atoms with Gasteiger partial charge < -0.3 is 5.73 Å². The maximum Gasteiger partial charge on any atom is 0.0350 e. The van der Waals surface area contributed by atoms with Gasteiger partial charge in [-0.15, -0.1) is 0 Å². The molecule has 0 heterocycles. The molecule has 1 aliphatic rings. The van der Waals surface area contributed by atoms with Crippen LogP contribution in [-0.4, -0.2) is 0 Å². The molecule has 1 nitrogen and oxygen atoms in total. The Balaban J connectivity index is 2.46. The Morgan fingerprint density at radius 3 is 2.47 bits per heavy atom. The second-order valence-corrected chi connectivity index (χ2v) is 4.17. The third kappa shape index (κ3) is 1.96. The van der Waals surface area contributed by atoms with Crippen LogP contribution in [0.3, 0.4) is 0 Å². The molecule has 1 aromatic rings. The molecular weight excluding hydrogens is 182 g/mol. The average molecular weight is 199 g/mol. The molecular formula is C14H17N. The number of hydrogen-bond donors (Lipinski definition) is 1. The zero-order chi connectivity index (χ0) is 10.8. The molecule has 0 spiro atoms. The van der Waals surface area contributed by atoms with Crippen LogP contribution in [0.15, 0.2) is 36.0 Å². The van der Waals surface area contributed by atoms with Gasteiger partial charge >= 0.3 is 0 Å². The standard InChI is InChI=1S/C14H17N/c1-10-7-8-12(11(2)9-10)13-5-3-4-6-14(13)15/h5-9H,3-4,15H2,1-2H3. The summed E-state index contributed by atoms with van der Waals surface area (Å²) in [6.07, 6.45) is 6.53. The van der Waals surface area contributed by atoms with Gasteiger partial charge in [0.15, 0.2) is 0 Å². The number of allylic oxidation sites excluding steroid dienone is 3. The Hall–Kier alpha value is -1.50. The minimum atomic E-state index is 0.924. The Morgan fingerprint density at radius 2 is 1.80 bits per heavy atom. The molecule has 0 saturated carbocycles. The van der Waals surface area contributed by atoms with Crippen molar-refractivity contribution < 1.29 is 0 Å². The lowest BCUT2D eigenvalue weighted by atomic mass is 9.93. The van der Waals surface area contributed by atoms with Crippen LogP contribution in [0.5, 0.6) is 0 Å². The SMILES string of the molecule is Cc1ccc(C2=CCCC=C2N)c(C)c1. The first kappa shape index (κ1) is 10.0. The van der Waals surface area contributed by atoms with Crippen LogP contribution < -0.4 is 5.73 Å². The van der Waals surface area contributed by atoms with Crippen molar-refractivity contribution in [2.24, 2.45) is 5.73 Å². The molecule has 78 valence electrons. The van der Waals surface area contributed by atoms with E-state index >= 15 is 0 Å². The Kier molecular flexibility index (Phi) is 2.63. The highest BCUT2D eigenvalue weighted by Crippen LogP contribution is 2.27. The fraction of sp³-hybridized carbons (Fsp3) is 0.286. The van der Waals surface area contributed by atoms with Crippen LogP contribution in [0.4, 0.5) is 0 Å². The van der Waals surface area contributed by atoms with Crippen LogP contribution >= 0.6 is 0 Å². The lowest BCUT2D eigenvalue weighted by Crippen LogP contribution is -2.05. The Labute approximate surface area is 91.3 Å². The fourth-order valence-corrected chi connectivity index (χ4v) is 2.08. The molecule has 0 unspecified atom stereocenters. The van der Waals surface area contributed by atoms with Crippen LogP contribution in [0.1, 0.15) is 29.5 Å². The largest absolute Gasteiger partial charge is 0.398 e. The van der Waals surface area contributed by atoms with Gasteiger partial charge in [-0.3, -0.25) is 0 Å². The quantitative estimate of drug-likeness (QED) is 0.737. The zero-order valence-electron chi connectivity index (χ0n) is 9.38. The van der Waals surface area contributed by atoms with Crippen molar-refractivity contribution >= 4 is 5.57 Å². The molecule has 1 aliphatic carbocycles. The van der Waals surface area contributed by atoms with E-state index < -0.39 is 0 Å². The molecule has 0 bridgehead atoms. The van der Waals surface area contributed by atoms with Crippen LogP contribution in [0.2, 0.25) is 0 Å². The van der Waals surface area contributed by atoms with Gasteiger partial charge in [0.2, 0.25) is 0 Å². The van der Waals surface area contributed by atoms with Gasteiger partial charge in [-0.1, -0.05) is 35.9 Å². The topological polar surface area (TPSA) is 26.0 Å². The summed E-state index contributed by atoms with van der Waals surface area (Å²) in [5, 5.41) is 0. The van der Waals surface area contributed by atoms with E-state index in [2.05, 4.69) is 44.2 Å². The smallest absolute Gasteiger partial charge is 0.0350 e.